The summed E-state index contributed by atoms with van der Waals surface area (Å²) in [5.41, 5.74) is 0. The van der Waals surface area contributed by atoms with E-state index in [1.165, 1.54) is 12.3 Å². The van der Waals surface area contributed by atoms with Crippen molar-refractivity contribution in [2.45, 2.75) is 5.75 Å². The summed E-state index contributed by atoms with van der Waals surface area (Å²) in [6.45, 7) is 0.275. The van der Waals surface area contributed by atoms with Crippen LogP contribution in [0.15, 0.2) is 35.0 Å². The minimum absolute atomic E-state index is 0.0480. The molecule has 0 radical (unpaired) electrons. The SMILES string of the molecule is O=C(C[S@@](=O)Cc1ccco1)NC/C=C\CO. The molecule has 0 aliphatic rings. The van der Waals surface area contributed by atoms with Crippen LogP contribution in [0.1, 0.15) is 5.76 Å². The number of aliphatic hydroxyl groups excluding tert-OH is 1. The molecule has 6 heteroatoms. The van der Waals surface area contributed by atoms with Crippen molar-refractivity contribution in [1.29, 1.82) is 0 Å². The average molecular weight is 257 g/mol. The molecule has 1 amide bonds. The second-order valence-electron chi connectivity index (χ2n) is 3.27. The molecule has 1 atom stereocenters. The Morgan fingerprint density at radius 3 is 3.00 bits per heavy atom. The molecule has 0 aromatic carbocycles. The minimum Gasteiger partial charge on any atom is -0.468 e. The molecule has 0 bridgehead atoms. The van der Waals surface area contributed by atoms with Crippen molar-refractivity contribution in [1.82, 2.24) is 5.32 Å². The van der Waals surface area contributed by atoms with Crippen LogP contribution in [-0.4, -0.2) is 34.1 Å². The lowest BCUT2D eigenvalue weighted by Gasteiger charge is -2.01. The minimum atomic E-state index is -1.27. The molecule has 0 spiro atoms. The molecule has 0 fully saturated rings. The van der Waals surface area contributed by atoms with E-state index in [-0.39, 0.29) is 24.0 Å². The van der Waals surface area contributed by atoms with Gasteiger partial charge in [0.1, 0.15) is 11.5 Å². The summed E-state index contributed by atoms with van der Waals surface area (Å²) in [5, 5.41) is 11.0. The summed E-state index contributed by atoms with van der Waals surface area (Å²) in [4.78, 5) is 11.3. The van der Waals surface area contributed by atoms with Gasteiger partial charge in [0, 0.05) is 17.3 Å². The lowest BCUT2D eigenvalue weighted by molar-refractivity contribution is -0.118. The van der Waals surface area contributed by atoms with Crippen molar-refractivity contribution in [2.24, 2.45) is 0 Å². The lowest BCUT2D eigenvalue weighted by atomic mass is 10.5. The third-order valence-electron chi connectivity index (χ3n) is 1.86. The van der Waals surface area contributed by atoms with Gasteiger partial charge in [0.05, 0.1) is 18.6 Å². The van der Waals surface area contributed by atoms with Crippen molar-refractivity contribution in [2.75, 3.05) is 18.9 Å². The Bertz CT molecular complexity index is 386. The van der Waals surface area contributed by atoms with E-state index in [9.17, 15) is 9.00 Å². The number of rotatable bonds is 7. The van der Waals surface area contributed by atoms with Crippen molar-refractivity contribution < 1.29 is 18.5 Å². The Hall–Kier alpha value is -1.40. The van der Waals surface area contributed by atoms with Gasteiger partial charge in [-0.1, -0.05) is 12.2 Å². The van der Waals surface area contributed by atoms with E-state index in [1.807, 2.05) is 0 Å². The van der Waals surface area contributed by atoms with Crippen molar-refractivity contribution in [3.8, 4) is 0 Å². The van der Waals surface area contributed by atoms with Gasteiger partial charge in [0.15, 0.2) is 0 Å². The summed E-state index contributed by atoms with van der Waals surface area (Å²) in [7, 11) is -1.27. The van der Waals surface area contributed by atoms with E-state index in [2.05, 4.69) is 5.32 Å². The predicted molar refractivity (Wildman–Crippen MR) is 64.7 cm³/mol. The maximum Gasteiger partial charge on any atom is 0.232 e. The fraction of sp³-hybridized carbons (Fsp3) is 0.364. The maximum absolute atomic E-state index is 11.5. The van der Waals surface area contributed by atoms with Gasteiger partial charge in [-0.2, -0.15) is 0 Å². The van der Waals surface area contributed by atoms with Crippen LogP contribution in [0.5, 0.6) is 0 Å². The first-order valence-corrected chi connectivity index (χ1v) is 6.61. The average Bonchev–Trinajstić information content (AvgIpc) is 2.77. The van der Waals surface area contributed by atoms with Gasteiger partial charge >= 0.3 is 0 Å². The molecule has 5 nitrogen and oxygen atoms in total. The highest BCUT2D eigenvalue weighted by Crippen LogP contribution is 2.03. The number of nitrogens with one attached hydrogen (secondary N) is 1. The molecule has 1 heterocycles. The fourth-order valence-corrected chi connectivity index (χ4v) is 2.11. The van der Waals surface area contributed by atoms with Gasteiger partial charge in [-0.25, -0.2) is 0 Å². The Morgan fingerprint density at radius 1 is 1.53 bits per heavy atom. The third-order valence-corrected chi connectivity index (χ3v) is 3.06. The van der Waals surface area contributed by atoms with Crippen molar-refractivity contribution >= 4 is 16.7 Å². The number of carbonyl (C=O) groups is 1. The number of amides is 1. The molecule has 1 aromatic heterocycles. The molecule has 0 saturated heterocycles. The number of hydrogen-bond acceptors (Lipinski definition) is 4. The Labute approximate surface area is 102 Å². The molecule has 94 valence electrons. The smallest absolute Gasteiger partial charge is 0.232 e. The van der Waals surface area contributed by atoms with Crippen LogP contribution >= 0.6 is 0 Å². The standard InChI is InChI=1S/C11H15NO4S/c13-6-2-1-5-12-11(14)9-17(15)8-10-4-3-7-16-10/h1-4,7,13H,5-6,8-9H2,(H,12,14)/b2-1-/t17-/m0/s1. The first-order valence-electron chi connectivity index (χ1n) is 5.12. The molecule has 17 heavy (non-hydrogen) atoms. The number of carbonyl (C=O) groups excluding carboxylic acids is 1. The topological polar surface area (TPSA) is 79.5 Å². The zero-order chi connectivity index (χ0) is 12.5. The first-order chi connectivity index (χ1) is 8.22. The largest absolute Gasteiger partial charge is 0.468 e. The van der Waals surface area contributed by atoms with Crippen LogP contribution in [0, 0.1) is 0 Å². The Balaban J connectivity index is 2.22. The van der Waals surface area contributed by atoms with E-state index in [0.717, 1.165) is 0 Å². The van der Waals surface area contributed by atoms with Gasteiger partial charge < -0.3 is 14.8 Å². The zero-order valence-corrected chi connectivity index (χ0v) is 10.1. The molecule has 0 aliphatic carbocycles. The molecular formula is C11H15NO4S. The number of furan rings is 1. The summed E-state index contributed by atoms with van der Waals surface area (Å²) in [6.07, 6.45) is 4.67. The second kappa shape index (κ2) is 7.81. The van der Waals surface area contributed by atoms with Gasteiger partial charge in [0.25, 0.3) is 0 Å². The summed E-state index contributed by atoms with van der Waals surface area (Å²) < 4.78 is 16.6. The van der Waals surface area contributed by atoms with E-state index >= 15 is 0 Å². The van der Waals surface area contributed by atoms with E-state index in [0.29, 0.717) is 12.3 Å². The molecule has 0 saturated carbocycles. The summed E-state index contributed by atoms with van der Waals surface area (Å²) in [6, 6.07) is 3.44. The molecule has 2 N–H and O–H groups in total. The highest BCUT2D eigenvalue weighted by molar-refractivity contribution is 7.84. The summed E-state index contributed by atoms with van der Waals surface area (Å²) >= 11 is 0. The molecular weight excluding hydrogens is 242 g/mol. The van der Waals surface area contributed by atoms with Gasteiger partial charge in [0.2, 0.25) is 5.91 Å². The van der Waals surface area contributed by atoms with Gasteiger partial charge in [-0.15, -0.1) is 0 Å². The molecule has 1 aromatic rings. The lowest BCUT2D eigenvalue weighted by Crippen LogP contribution is -2.28. The number of hydrogen-bond donors (Lipinski definition) is 2. The first kappa shape index (κ1) is 13.7. The monoisotopic (exact) mass is 257 g/mol. The van der Waals surface area contributed by atoms with E-state index < -0.39 is 10.8 Å². The second-order valence-corrected chi connectivity index (χ2v) is 4.72. The van der Waals surface area contributed by atoms with Crippen LogP contribution in [0.25, 0.3) is 0 Å². The zero-order valence-electron chi connectivity index (χ0n) is 9.30. The quantitative estimate of drug-likeness (QED) is 0.684. The highest BCUT2D eigenvalue weighted by atomic mass is 32.2. The molecule has 0 aliphatic heterocycles. The van der Waals surface area contributed by atoms with Crippen LogP contribution in [0.3, 0.4) is 0 Å². The van der Waals surface area contributed by atoms with Crippen LogP contribution in [0.2, 0.25) is 0 Å². The number of aliphatic hydroxyl groups is 1. The predicted octanol–water partition coefficient (Wildman–Crippen LogP) is 0.193. The Morgan fingerprint density at radius 2 is 2.35 bits per heavy atom. The van der Waals surface area contributed by atoms with E-state index in [1.54, 1.807) is 18.2 Å². The van der Waals surface area contributed by atoms with Gasteiger partial charge in [-0.3, -0.25) is 9.00 Å². The fourth-order valence-electron chi connectivity index (χ4n) is 1.13. The van der Waals surface area contributed by atoms with E-state index in [4.69, 9.17) is 9.52 Å². The maximum atomic E-state index is 11.5. The highest BCUT2D eigenvalue weighted by Gasteiger charge is 2.09. The van der Waals surface area contributed by atoms with Gasteiger partial charge in [-0.05, 0) is 12.1 Å². The van der Waals surface area contributed by atoms with Crippen LogP contribution in [0.4, 0.5) is 0 Å². The molecule has 1 rings (SSSR count). The Kier molecular flexibility index (Phi) is 6.27. The molecule has 0 unspecified atom stereocenters. The van der Waals surface area contributed by atoms with Crippen molar-refractivity contribution in [3.63, 3.8) is 0 Å². The summed E-state index contributed by atoms with van der Waals surface area (Å²) in [5.74, 6) is 0.523. The van der Waals surface area contributed by atoms with Crippen LogP contribution in [-0.2, 0) is 21.3 Å². The van der Waals surface area contributed by atoms with Crippen LogP contribution < -0.4 is 5.32 Å². The third kappa shape index (κ3) is 6.03. The normalized spacial score (nSPS) is 12.8. The van der Waals surface area contributed by atoms with Crippen molar-refractivity contribution in [3.05, 3.63) is 36.3 Å².